The summed E-state index contributed by atoms with van der Waals surface area (Å²) >= 11 is 6.47. The van der Waals surface area contributed by atoms with Gasteiger partial charge < -0.3 is 15.3 Å². The zero-order valence-electron chi connectivity index (χ0n) is 10.7. The minimum Gasteiger partial charge on any atom is -0.478 e. The third kappa shape index (κ3) is 3.94. The lowest BCUT2D eigenvalue weighted by molar-refractivity contribution is 0.0698. The van der Waals surface area contributed by atoms with Gasteiger partial charge in [-0.3, -0.25) is 0 Å². The number of amides is 2. The van der Waals surface area contributed by atoms with Crippen molar-refractivity contribution in [1.82, 2.24) is 4.90 Å². The molecule has 0 bridgehead atoms. The van der Waals surface area contributed by atoms with E-state index < -0.39 is 5.97 Å². The van der Waals surface area contributed by atoms with Crippen LogP contribution in [0.5, 0.6) is 0 Å². The number of hydrogen-bond acceptors (Lipinski definition) is 2. The zero-order valence-corrected chi connectivity index (χ0v) is 13.9. The van der Waals surface area contributed by atoms with Gasteiger partial charge in [0.2, 0.25) is 0 Å². The van der Waals surface area contributed by atoms with E-state index in [2.05, 4.69) is 37.2 Å². The third-order valence-electron chi connectivity index (χ3n) is 2.61. The molecule has 7 heteroatoms. The van der Waals surface area contributed by atoms with Gasteiger partial charge in [-0.2, -0.15) is 0 Å². The Morgan fingerprint density at radius 2 is 1.89 bits per heavy atom. The predicted octanol–water partition coefficient (Wildman–Crippen LogP) is 3.78. The molecule has 0 fully saturated rings. The first kappa shape index (κ1) is 16.0. The van der Waals surface area contributed by atoms with Gasteiger partial charge >= 0.3 is 12.0 Å². The lowest BCUT2D eigenvalue weighted by Crippen LogP contribution is -2.37. The smallest absolute Gasteiger partial charge is 0.337 e. The van der Waals surface area contributed by atoms with Crippen LogP contribution in [0.4, 0.5) is 10.5 Å². The van der Waals surface area contributed by atoms with Gasteiger partial charge in [0.15, 0.2) is 0 Å². The Balaban J connectivity index is 3.14. The molecule has 1 aromatic rings. The van der Waals surface area contributed by atoms with Gasteiger partial charge in [0, 0.05) is 22.0 Å². The van der Waals surface area contributed by atoms with Gasteiger partial charge in [-0.1, -0.05) is 15.9 Å². The fourth-order valence-corrected chi connectivity index (χ4v) is 2.62. The van der Waals surface area contributed by atoms with E-state index in [4.69, 9.17) is 5.11 Å². The Bertz CT molecular complexity index is 518. The Morgan fingerprint density at radius 1 is 1.32 bits per heavy atom. The molecule has 0 heterocycles. The number of carbonyl (C=O) groups is 2. The molecule has 0 aliphatic carbocycles. The first-order chi connectivity index (χ1) is 8.73. The van der Waals surface area contributed by atoms with Gasteiger partial charge in [0.05, 0.1) is 11.3 Å². The maximum absolute atomic E-state index is 12.0. The minimum absolute atomic E-state index is 0.0162. The average Bonchev–Trinajstić information content (AvgIpc) is 2.30. The first-order valence-electron chi connectivity index (χ1n) is 5.50. The lowest BCUT2D eigenvalue weighted by atomic mass is 10.2. The molecule has 0 radical (unpaired) electrons. The van der Waals surface area contributed by atoms with Crippen LogP contribution in [-0.4, -0.2) is 35.1 Å². The van der Waals surface area contributed by atoms with Crippen molar-refractivity contribution in [2.24, 2.45) is 0 Å². The molecule has 104 valence electrons. The summed E-state index contributed by atoms with van der Waals surface area (Å²) in [6.45, 7) is 3.74. The van der Waals surface area contributed by atoms with Crippen molar-refractivity contribution in [1.29, 1.82) is 0 Å². The van der Waals surface area contributed by atoms with Crippen LogP contribution in [0.2, 0.25) is 0 Å². The number of anilines is 1. The van der Waals surface area contributed by atoms with Crippen LogP contribution >= 0.6 is 31.9 Å². The van der Waals surface area contributed by atoms with Crippen LogP contribution in [0.25, 0.3) is 0 Å². The minimum atomic E-state index is -1.11. The fraction of sp³-hybridized carbons (Fsp3) is 0.333. The van der Waals surface area contributed by atoms with Crippen LogP contribution in [-0.2, 0) is 0 Å². The van der Waals surface area contributed by atoms with Crippen LogP contribution in [0, 0.1) is 0 Å². The maximum Gasteiger partial charge on any atom is 0.337 e. The summed E-state index contributed by atoms with van der Waals surface area (Å²) in [6.07, 6.45) is 0. The topological polar surface area (TPSA) is 69.6 Å². The molecule has 2 amide bonds. The predicted molar refractivity (Wildman–Crippen MR) is 80.7 cm³/mol. The number of carboxylic acid groups (broad SMARTS) is 1. The summed E-state index contributed by atoms with van der Waals surface area (Å²) in [4.78, 5) is 24.6. The molecule has 1 rings (SSSR count). The molecule has 0 saturated heterocycles. The summed E-state index contributed by atoms with van der Waals surface area (Å²) in [5, 5.41) is 11.8. The standard InChI is InChI=1S/C12H14Br2N2O3/c1-6(2)16(3)12(19)15-10-8(11(17)18)4-7(13)5-9(10)14/h4-6H,1-3H3,(H,15,19)(H,17,18). The Morgan fingerprint density at radius 3 is 2.37 bits per heavy atom. The number of rotatable bonds is 3. The molecule has 0 spiro atoms. The molecule has 1 aromatic carbocycles. The van der Waals surface area contributed by atoms with Crippen LogP contribution in [0.1, 0.15) is 24.2 Å². The van der Waals surface area contributed by atoms with Crippen molar-refractivity contribution in [3.05, 3.63) is 26.6 Å². The summed E-state index contributed by atoms with van der Waals surface area (Å²) in [5.41, 5.74) is 0.264. The molecular formula is C12H14Br2N2O3. The van der Waals surface area contributed by atoms with Gasteiger partial charge in [-0.15, -0.1) is 0 Å². The van der Waals surface area contributed by atoms with E-state index >= 15 is 0 Å². The second-order valence-electron chi connectivity index (χ2n) is 4.25. The van der Waals surface area contributed by atoms with E-state index in [0.29, 0.717) is 8.95 Å². The molecule has 0 saturated carbocycles. The fourth-order valence-electron chi connectivity index (χ4n) is 1.30. The highest BCUT2D eigenvalue weighted by molar-refractivity contribution is 9.11. The third-order valence-corrected chi connectivity index (χ3v) is 3.70. The monoisotopic (exact) mass is 392 g/mol. The molecule has 0 unspecified atom stereocenters. The maximum atomic E-state index is 12.0. The van der Waals surface area contributed by atoms with Gasteiger partial charge in [0.1, 0.15) is 0 Å². The Hall–Kier alpha value is -1.08. The van der Waals surface area contributed by atoms with E-state index in [9.17, 15) is 9.59 Å². The van der Waals surface area contributed by atoms with Gasteiger partial charge in [-0.25, -0.2) is 9.59 Å². The van der Waals surface area contributed by atoms with E-state index in [1.54, 1.807) is 13.1 Å². The highest BCUT2D eigenvalue weighted by atomic mass is 79.9. The number of nitrogens with one attached hydrogen (secondary N) is 1. The van der Waals surface area contributed by atoms with E-state index in [0.717, 1.165) is 0 Å². The van der Waals surface area contributed by atoms with Crippen LogP contribution in [0.3, 0.4) is 0 Å². The van der Waals surface area contributed by atoms with Gasteiger partial charge in [0.25, 0.3) is 0 Å². The molecule has 0 aromatic heterocycles. The average molecular weight is 394 g/mol. The molecule has 0 aliphatic rings. The number of nitrogens with zero attached hydrogens (tertiary/aromatic N) is 1. The zero-order chi connectivity index (χ0) is 14.7. The number of halogens is 2. The highest BCUT2D eigenvalue weighted by Gasteiger charge is 2.19. The number of urea groups is 1. The highest BCUT2D eigenvalue weighted by Crippen LogP contribution is 2.31. The van der Waals surface area contributed by atoms with E-state index in [1.165, 1.54) is 11.0 Å². The number of benzene rings is 1. The number of carboxylic acids is 1. The second kappa shape index (κ2) is 6.38. The Labute approximate surface area is 128 Å². The number of carbonyl (C=O) groups excluding carboxylic acids is 1. The SMILES string of the molecule is CC(C)N(C)C(=O)Nc1c(Br)cc(Br)cc1C(=O)O. The van der Waals surface area contributed by atoms with Crippen molar-refractivity contribution in [2.75, 3.05) is 12.4 Å². The first-order valence-corrected chi connectivity index (χ1v) is 7.08. The summed E-state index contributed by atoms with van der Waals surface area (Å²) in [5.74, 6) is -1.11. The van der Waals surface area contributed by atoms with Gasteiger partial charge in [-0.05, 0) is 41.9 Å². The Kier molecular flexibility index (Phi) is 5.37. The summed E-state index contributed by atoms with van der Waals surface area (Å²) < 4.78 is 1.12. The van der Waals surface area contributed by atoms with Crippen molar-refractivity contribution in [3.8, 4) is 0 Å². The van der Waals surface area contributed by atoms with Crippen LogP contribution in [0.15, 0.2) is 21.1 Å². The lowest BCUT2D eigenvalue weighted by Gasteiger charge is -2.22. The molecule has 2 N–H and O–H groups in total. The molecule has 5 nitrogen and oxygen atoms in total. The molecular weight excluding hydrogens is 380 g/mol. The molecule has 0 atom stereocenters. The summed E-state index contributed by atoms with van der Waals surface area (Å²) in [7, 11) is 1.65. The number of hydrogen-bond donors (Lipinski definition) is 2. The second-order valence-corrected chi connectivity index (χ2v) is 6.02. The van der Waals surface area contributed by atoms with Crippen LogP contribution < -0.4 is 5.32 Å². The summed E-state index contributed by atoms with van der Waals surface area (Å²) in [6, 6.07) is 2.78. The number of aromatic carboxylic acids is 1. The quantitative estimate of drug-likeness (QED) is 0.820. The molecule has 19 heavy (non-hydrogen) atoms. The van der Waals surface area contributed by atoms with Crippen molar-refractivity contribution >= 4 is 49.5 Å². The van der Waals surface area contributed by atoms with E-state index in [1.807, 2.05) is 13.8 Å². The van der Waals surface area contributed by atoms with Crippen molar-refractivity contribution in [3.63, 3.8) is 0 Å². The molecule has 0 aliphatic heterocycles. The largest absolute Gasteiger partial charge is 0.478 e. The van der Waals surface area contributed by atoms with Crippen molar-refractivity contribution < 1.29 is 14.7 Å². The van der Waals surface area contributed by atoms with Crippen molar-refractivity contribution in [2.45, 2.75) is 19.9 Å². The van der Waals surface area contributed by atoms with E-state index in [-0.39, 0.29) is 23.3 Å². The normalized spacial score (nSPS) is 10.4.